The maximum Gasteiger partial charge on any atom is 0.135 e. The van der Waals surface area contributed by atoms with Crippen molar-refractivity contribution in [3.05, 3.63) is 0 Å². The second kappa shape index (κ2) is 21.3. The predicted molar refractivity (Wildman–Crippen MR) is 92.5 cm³/mol. The van der Waals surface area contributed by atoms with Crippen LogP contribution in [0.5, 0.6) is 0 Å². The van der Waals surface area contributed by atoms with Crippen LogP contribution < -0.4 is 0 Å². The highest BCUT2D eigenvalue weighted by molar-refractivity contribution is 5.79. The molecule has 3 nitrogen and oxygen atoms in total. The third-order valence-electron chi connectivity index (χ3n) is 2.08. The van der Waals surface area contributed by atoms with E-state index in [1.807, 2.05) is 48.5 Å². The highest BCUT2D eigenvalue weighted by atomic mass is 16.1. The Balaban J connectivity index is -0.0000000955. The molecular formula is C18H38O3. The second-order valence-corrected chi connectivity index (χ2v) is 5.83. The average molecular weight is 302 g/mol. The number of aldehydes is 1. The van der Waals surface area contributed by atoms with Gasteiger partial charge in [-0.3, -0.25) is 9.59 Å². The van der Waals surface area contributed by atoms with Crippen molar-refractivity contribution in [2.24, 2.45) is 17.8 Å². The molecular weight excluding hydrogens is 264 g/mol. The predicted octanol–water partition coefficient (Wildman–Crippen LogP) is 5.11. The standard InChI is InChI=1S/C6H12O.C5H10O.C4H8O.C3H8/c1-4-6(7)5(2)3;1-4(2)5(3)6;1-4(2)3-5;1-3-2/h5H,4H2,1-3H3;4H,1-3H3;3-4H,1-2H3;3H2,1-2H3. The number of hydrogen-bond acceptors (Lipinski definition) is 3. The van der Waals surface area contributed by atoms with Gasteiger partial charge in [-0.2, -0.15) is 0 Å². The molecule has 0 bridgehead atoms. The molecule has 0 N–H and O–H groups in total. The Morgan fingerprint density at radius 1 is 0.857 bits per heavy atom. The van der Waals surface area contributed by atoms with Gasteiger partial charge >= 0.3 is 0 Å². The lowest BCUT2D eigenvalue weighted by Crippen LogP contribution is -2.03. The van der Waals surface area contributed by atoms with Crippen LogP contribution in [0, 0.1) is 17.8 Å². The van der Waals surface area contributed by atoms with Gasteiger partial charge in [0.25, 0.3) is 0 Å². The summed E-state index contributed by atoms with van der Waals surface area (Å²) in [6.45, 7) is 19.1. The van der Waals surface area contributed by atoms with Crippen LogP contribution >= 0.6 is 0 Å². The molecule has 3 heteroatoms. The molecule has 0 unspecified atom stereocenters. The fourth-order valence-electron chi connectivity index (χ4n) is 0.408. The van der Waals surface area contributed by atoms with Gasteiger partial charge in [0.15, 0.2) is 0 Å². The van der Waals surface area contributed by atoms with E-state index in [4.69, 9.17) is 0 Å². The van der Waals surface area contributed by atoms with Crippen molar-refractivity contribution >= 4 is 17.9 Å². The average Bonchev–Trinajstić information content (AvgIpc) is 2.39. The molecule has 0 fully saturated rings. The van der Waals surface area contributed by atoms with E-state index in [0.717, 1.165) is 6.29 Å². The van der Waals surface area contributed by atoms with Crippen LogP contribution in [-0.2, 0) is 14.4 Å². The first kappa shape index (κ1) is 28.2. The monoisotopic (exact) mass is 302 g/mol. The minimum Gasteiger partial charge on any atom is -0.303 e. The van der Waals surface area contributed by atoms with Gasteiger partial charge < -0.3 is 4.79 Å². The van der Waals surface area contributed by atoms with Crippen LogP contribution in [0.2, 0.25) is 0 Å². The summed E-state index contributed by atoms with van der Waals surface area (Å²) < 4.78 is 0. The number of Topliss-reactive ketones (excluding diaryl/α,β-unsaturated/α-hetero) is 2. The number of carbonyl (C=O) groups is 3. The molecule has 128 valence electrons. The van der Waals surface area contributed by atoms with Gasteiger partial charge in [-0.25, -0.2) is 0 Å². The number of rotatable bonds is 4. The van der Waals surface area contributed by atoms with Crippen molar-refractivity contribution in [3.63, 3.8) is 0 Å². The van der Waals surface area contributed by atoms with E-state index in [1.165, 1.54) is 6.42 Å². The summed E-state index contributed by atoms with van der Waals surface area (Å²) in [6, 6.07) is 0. The first-order valence-corrected chi connectivity index (χ1v) is 7.99. The van der Waals surface area contributed by atoms with Gasteiger partial charge in [0.1, 0.15) is 17.9 Å². The highest BCUT2D eigenvalue weighted by Gasteiger charge is 2.00. The molecule has 0 aromatic rings. The van der Waals surface area contributed by atoms with E-state index in [1.54, 1.807) is 6.92 Å². The van der Waals surface area contributed by atoms with Crippen molar-refractivity contribution in [2.75, 3.05) is 0 Å². The summed E-state index contributed by atoms with van der Waals surface area (Å²) in [5, 5.41) is 0. The van der Waals surface area contributed by atoms with Gasteiger partial charge in [0.2, 0.25) is 0 Å². The molecule has 0 aromatic heterocycles. The van der Waals surface area contributed by atoms with E-state index >= 15 is 0 Å². The largest absolute Gasteiger partial charge is 0.303 e. The van der Waals surface area contributed by atoms with Crippen LogP contribution in [0.3, 0.4) is 0 Å². The topological polar surface area (TPSA) is 51.2 Å². The molecule has 0 heterocycles. The van der Waals surface area contributed by atoms with Crippen LogP contribution in [0.1, 0.15) is 82.1 Å². The molecule has 0 spiro atoms. The zero-order valence-corrected chi connectivity index (χ0v) is 15.9. The van der Waals surface area contributed by atoms with Gasteiger partial charge in [-0.15, -0.1) is 0 Å². The van der Waals surface area contributed by atoms with Crippen LogP contribution in [0.25, 0.3) is 0 Å². The molecule has 0 rings (SSSR count). The quantitative estimate of drug-likeness (QED) is 0.678. The van der Waals surface area contributed by atoms with E-state index in [0.29, 0.717) is 12.2 Å². The Kier molecular flexibility index (Phi) is 28.6. The highest BCUT2D eigenvalue weighted by Crippen LogP contribution is 1.95. The molecule has 0 amide bonds. The zero-order valence-electron chi connectivity index (χ0n) is 15.9. The Morgan fingerprint density at radius 2 is 1.10 bits per heavy atom. The summed E-state index contributed by atoms with van der Waals surface area (Å²) in [5.41, 5.74) is 0. The van der Waals surface area contributed by atoms with Gasteiger partial charge in [0, 0.05) is 24.2 Å². The van der Waals surface area contributed by atoms with E-state index in [-0.39, 0.29) is 23.5 Å². The Bertz CT molecular complexity index is 241. The summed E-state index contributed by atoms with van der Waals surface area (Å²) in [4.78, 5) is 30.2. The van der Waals surface area contributed by atoms with E-state index < -0.39 is 0 Å². The molecule has 0 saturated heterocycles. The normalized spacial score (nSPS) is 8.81. The number of carbonyl (C=O) groups excluding carboxylic acids is 3. The Labute approximate surface area is 132 Å². The first-order valence-electron chi connectivity index (χ1n) is 7.99. The molecule has 0 aliphatic rings. The summed E-state index contributed by atoms with van der Waals surface area (Å²) in [6.07, 6.45) is 2.84. The fraction of sp³-hybridized carbons (Fsp3) is 0.833. The molecule has 0 saturated carbocycles. The molecule has 0 aromatic carbocycles. The molecule has 0 atom stereocenters. The molecule has 21 heavy (non-hydrogen) atoms. The van der Waals surface area contributed by atoms with Crippen LogP contribution in [-0.4, -0.2) is 17.9 Å². The Hall–Kier alpha value is -0.990. The van der Waals surface area contributed by atoms with Crippen molar-refractivity contribution in [2.45, 2.75) is 82.1 Å². The molecule has 0 radical (unpaired) electrons. The Morgan fingerprint density at radius 3 is 1.10 bits per heavy atom. The zero-order chi connectivity index (χ0) is 18.0. The maximum atomic E-state index is 10.5. The number of ketones is 2. The third kappa shape index (κ3) is 45.4. The summed E-state index contributed by atoms with van der Waals surface area (Å²) in [7, 11) is 0. The molecule has 0 aliphatic heterocycles. The number of hydrogen-bond donors (Lipinski definition) is 0. The van der Waals surface area contributed by atoms with Crippen molar-refractivity contribution < 1.29 is 14.4 Å². The van der Waals surface area contributed by atoms with E-state index in [2.05, 4.69) is 13.8 Å². The van der Waals surface area contributed by atoms with Crippen molar-refractivity contribution in [3.8, 4) is 0 Å². The van der Waals surface area contributed by atoms with E-state index in [9.17, 15) is 14.4 Å². The first-order chi connectivity index (χ1) is 9.51. The fourth-order valence-corrected chi connectivity index (χ4v) is 0.408. The van der Waals surface area contributed by atoms with Crippen LogP contribution in [0.15, 0.2) is 0 Å². The van der Waals surface area contributed by atoms with Crippen LogP contribution in [0.4, 0.5) is 0 Å². The van der Waals surface area contributed by atoms with Crippen molar-refractivity contribution in [1.82, 2.24) is 0 Å². The lowest BCUT2D eigenvalue weighted by atomic mass is 10.1. The second-order valence-electron chi connectivity index (χ2n) is 5.83. The van der Waals surface area contributed by atoms with Gasteiger partial charge in [-0.05, 0) is 6.92 Å². The van der Waals surface area contributed by atoms with Gasteiger partial charge in [0.05, 0.1) is 0 Å². The summed E-state index contributed by atoms with van der Waals surface area (Å²) in [5.74, 6) is 1.25. The maximum absolute atomic E-state index is 10.5. The van der Waals surface area contributed by atoms with Gasteiger partial charge in [-0.1, -0.05) is 68.7 Å². The lowest BCUT2D eigenvalue weighted by Gasteiger charge is -1.96. The minimum atomic E-state index is 0.204. The minimum absolute atomic E-state index is 0.204. The smallest absolute Gasteiger partial charge is 0.135 e. The summed E-state index contributed by atoms with van der Waals surface area (Å²) >= 11 is 0. The third-order valence-corrected chi connectivity index (χ3v) is 2.08. The lowest BCUT2D eigenvalue weighted by molar-refractivity contribution is -0.121. The van der Waals surface area contributed by atoms with Crippen molar-refractivity contribution in [1.29, 1.82) is 0 Å². The molecule has 0 aliphatic carbocycles. The SMILES string of the molecule is CC(=O)C(C)C.CC(C)C=O.CCC.CCC(=O)C(C)C.